The van der Waals surface area contributed by atoms with E-state index in [2.05, 4.69) is 10.6 Å². The van der Waals surface area contributed by atoms with Crippen molar-refractivity contribution in [2.75, 3.05) is 22.1 Å². The minimum atomic E-state index is -0.261. The van der Waals surface area contributed by atoms with Crippen LogP contribution in [-0.4, -0.2) is 23.3 Å². The third-order valence-electron chi connectivity index (χ3n) is 2.80. The lowest BCUT2D eigenvalue weighted by Gasteiger charge is -2.08. The molecule has 2 aromatic carbocycles. The zero-order valence-corrected chi connectivity index (χ0v) is 15.4. The van der Waals surface area contributed by atoms with Crippen molar-refractivity contribution in [2.45, 2.75) is 0 Å². The highest BCUT2D eigenvalue weighted by Gasteiger charge is 2.09. The number of carbonyl (C=O) groups excluding carboxylic acids is 2. The van der Waals surface area contributed by atoms with E-state index in [1.165, 1.54) is 11.8 Å². The lowest BCUT2D eigenvalue weighted by molar-refractivity contribution is -0.114. The second-order valence-electron chi connectivity index (χ2n) is 4.72. The SMILES string of the molecule is O=C(CSCC(=O)Nc1cc(Cl)ccc1Cl)Nc1ccc(Cl)cc1. The maximum absolute atomic E-state index is 11.9. The van der Waals surface area contributed by atoms with Crippen LogP contribution in [0, 0.1) is 0 Å². The largest absolute Gasteiger partial charge is 0.325 e. The summed E-state index contributed by atoms with van der Waals surface area (Å²) in [6.45, 7) is 0. The van der Waals surface area contributed by atoms with Crippen molar-refractivity contribution in [2.24, 2.45) is 0 Å². The third-order valence-corrected chi connectivity index (χ3v) is 4.55. The van der Waals surface area contributed by atoms with Gasteiger partial charge in [-0.2, -0.15) is 0 Å². The molecule has 0 fully saturated rings. The summed E-state index contributed by atoms with van der Waals surface area (Å²) in [5, 5.41) is 6.85. The molecule has 0 aliphatic rings. The monoisotopic (exact) mass is 402 g/mol. The number of carbonyl (C=O) groups is 2. The van der Waals surface area contributed by atoms with Gasteiger partial charge in [0.05, 0.1) is 22.2 Å². The number of hydrogen-bond acceptors (Lipinski definition) is 3. The molecule has 0 saturated carbocycles. The number of anilines is 2. The van der Waals surface area contributed by atoms with Crippen molar-refractivity contribution in [3.63, 3.8) is 0 Å². The van der Waals surface area contributed by atoms with Crippen molar-refractivity contribution >= 4 is 69.8 Å². The summed E-state index contributed by atoms with van der Waals surface area (Å²) in [6, 6.07) is 11.6. The van der Waals surface area contributed by atoms with Gasteiger partial charge in [-0.1, -0.05) is 34.8 Å². The summed E-state index contributed by atoms with van der Waals surface area (Å²) in [5.41, 5.74) is 1.10. The van der Waals surface area contributed by atoms with Gasteiger partial charge in [0, 0.05) is 15.7 Å². The third kappa shape index (κ3) is 6.24. The van der Waals surface area contributed by atoms with Gasteiger partial charge in [-0.05, 0) is 42.5 Å². The van der Waals surface area contributed by atoms with E-state index in [1.807, 2.05) is 0 Å². The van der Waals surface area contributed by atoms with Gasteiger partial charge in [-0.25, -0.2) is 0 Å². The van der Waals surface area contributed by atoms with Gasteiger partial charge in [-0.3, -0.25) is 9.59 Å². The molecule has 8 heteroatoms. The number of nitrogens with one attached hydrogen (secondary N) is 2. The first kappa shape index (κ1) is 18.9. The van der Waals surface area contributed by atoms with E-state index in [9.17, 15) is 9.59 Å². The Hall–Kier alpha value is -1.40. The Balaban J connectivity index is 1.75. The van der Waals surface area contributed by atoms with Crippen molar-refractivity contribution in [3.8, 4) is 0 Å². The molecule has 126 valence electrons. The van der Waals surface area contributed by atoms with E-state index >= 15 is 0 Å². The van der Waals surface area contributed by atoms with Crippen molar-refractivity contribution in [3.05, 3.63) is 57.5 Å². The molecule has 2 N–H and O–H groups in total. The van der Waals surface area contributed by atoms with E-state index in [0.29, 0.717) is 26.4 Å². The molecule has 0 heterocycles. The predicted molar refractivity (Wildman–Crippen MR) is 102 cm³/mol. The zero-order chi connectivity index (χ0) is 17.5. The highest BCUT2D eigenvalue weighted by atomic mass is 35.5. The molecule has 2 amide bonds. The van der Waals surface area contributed by atoms with Crippen LogP contribution < -0.4 is 10.6 Å². The standard InChI is InChI=1S/C16H13Cl3N2O2S/c17-10-1-4-12(5-2-10)20-15(22)8-24-9-16(23)21-14-7-11(18)3-6-13(14)19/h1-7H,8-9H2,(H,20,22)(H,21,23). The summed E-state index contributed by atoms with van der Waals surface area (Å²) in [4.78, 5) is 23.7. The average molecular weight is 404 g/mol. The topological polar surface area (TPSA) is 58.2 Å². The Kier molecular flexibility index (Phi) is 7.24. The first-order chi connectivity index (χ1) is 11.4. The van der Waals surface area contributed by atoms with Crippen molar-refractivity contribution < 1.29 is 9.59 Å². The van der Waals surface area contributed by atoms with Gasteiger partial charge in [0.1, 0.15) is 0 Å². The Morgan fingerprint density at radius 1 is 0.833 bits per heavy atom. The molecule has 0 spiro atoms. The summed E-state index contributed by atoms with van der Waals surface area (Å²) in [6.07, 6.45) is 0. The van der Waals surface area contributed by atoms with Gasteiger partial charge in [0.25, 0.3) is 0 Å². The molecule has 0 atom stereocenters. The Bertz CT molecular complexity index is 739. The van der Waals surface area contributed by atoms with E-state index in [-0.39, 0.29) is 23.3 Å². The summed E-state index contributed by atoms with van der Waals surface area (Å²) < 4.78 is 0. The predicted octanol–water partition coefficient (Wildman–Crippen LogP) is 4.96. The first-order valence-corrected chi connectivity index (χ1v) is 9.11. The van der Waals surface area contributed by atoms with Gasteiger partial charge in [0.15, 0.2) is 0 Å². The number of amides is 2. The van der Waals surface area contributed by atoms with Crippen molar-refractivity contribution in [1.29, 1.82) is 0 Å². The summed E-state index contributed by atoms with van der Waals surface area (Å²) >= 11 is 18.8. The lowest BCUT2D eigenvalue weighted by Crippen LogP contribution is -2.18. The number of rotatable bonds is 6. The van der Waals surface area contributed by atoms with Crippen LogP contribution in [0.5, 0.6) is 0 Å². The number of benzene rings is 2. The molecule has 0 aliphatic carbocycles. The molecule has 0 bridgehead atoms. The van der Waals surface area contributed by atoms with E-state index < -0.39 is 0 Å². The fourth-order valence-electron chi connectivity index (χ4n) is 1.75. The molecule has 0 saturated heterocycles. The zero-order valence-electron chi connectivity index (χ0n) is 12.3. The molecule has 0 aliphatic heterocycles. The minimum absolute atomic E-state index is 0.122. The van der Waals surface area contributed by atoms with Crippen molar-refractivity contribution in [1.82, 2.24) is 0 Å². The van der Waals surface area contributed by atoms with Crippen LogP contribution >= 0.6 is 46.6 Å². The van der Waals surface area contributed by atoms with E-state index in [0.717, 1.165) is 0 Å². The second-order valence-corrected chi connectivity index (χ2v) is 6.99. The normalized spacial score (nSPS) is 10.3. The molecule has 2 aromatic rings. The Morgan fingerprint density at radius 2 is 1.42 bits per heavy atom. The molecule has 0 aromatic heterocycles. The Labute approximate surface area is 158 Å². The van der Waals surface area contributed by atoms with Gasteiger partial charge >= 0.3 is 0 Å². The summed E-state index contributed by atoms with van der Waals surface area (Å²) in [5.74, 6) is -0.185. The fraction of sp³-hybridized carbons (Fsp3) is 0.125. The maximum Gasteiger partial charge on any atom is 0.234 e. The number of thioether (sulfide) groups is 1. The lowest BCUT2D eigenvalue weighted by atomic mass is 10.3. The molecule has 0 unspecified atom stereocenters. The molecular weight excluding hydrogens is 391 g/mol. The quantitative estimate of drug-likeness (QED) is 0.717. The average Bonchev–Trinajstić information content (AvgIpc) is 2.53. The van der Waals surface area contributed by atoms with Gasteiger partial charge < -0.3 is 10.6 Å². The van der Waals surface area contributed by atoms with Crippen LogP contribution in [0.15, 0.2) is 42.5 Å². The highest BCUT2D eigenvalue weighted by molar-refractivity contribution is 8.00. The summed E-state index contributed by atoms with van der Waals surface area (Å²) in [7, 11) is 0. The fourth-order valence-corrected chi connectivity index (χ4v) is 2.83. The molecule has 2 rings (SSSR count). The van der Waals surface area contributed by atoms with Crippen LogP contribution in [0.3, 0.4) is 0 Å². The van der Waals surface area contributed by atoms with Crippen LogP contribution in [0.25, 0.3) is 0 Å². The van der Waals surface area contributed by atoms with E-state index in [1.54, 1.807) is 42.5 Å². The van der Waals surface area contributed by atoms with E-state index in [4.69, 9.17) is 34.8 Å². The highest BCUT2D eigenvalue weighted by Crippen LogP contribution is 2.25. The molecule has 4 nitrogen and oxygen atoms in total. The van der Waals surface area contributed by atoms with Gasteiger partial charge in [0.2, 0.25) is 11.8 Å². The maximum atomic E-state index is 11.9. The van der Waals surface area contributed by atoms with Crippen LogP contribution in [0.1, 0.15) is 0 Å². The molecule has 0 radical (unpaired) electrons. The van der Waals surface area contributed by atoms with Crippen LogP contribution in [-0.2, 0) is 9.59 Å². The minimum Gasteiger partial charge on any atom is -0.325 e. The first-order valence-electron chi connectivity index (χ1n) is 6.82. The number of hydrogen-bond donors (Lipinski definition) is 2. The number of halogens is 3. The van der Waals surface area contributed by atoms with Gasteiger partial charge in [-0.15, -0.1) is 11.8 Å². The van der Waals surface area contributed by atoms with Crippen LogP contribution in [0.2, 0.25) is 15.1 Å². The Morgan fingerprint density at radius 3 is 2.08 bits per heavy atom. The van der Waals surface area contributed by atoms with Crippen LogP contribution in [0.4, 0.5) is 11.4 Å². The second kappa shape index (κ2) is 9.18. The molecule has 24 heavy (non-hydrogen) atoms. The molecular formula is C16H13Cl3N2O2S. The smallest absolute Gasteiger partial charge is 0.234 e.